The molecule has 0 spiro atoms. The second-order valence-electron chi connectivity index (χ2n) is 6.15. The van der Waals surface area contributed by atoms with E-state index in [-0.39, 0.29) is 25.5 Å². The lowest BCUT2D eigenvalue weighted by Gasteiger charge is -2.25. The molecule has 0 aromatic heterocycles. The number of nitrogens with one attached hydrogen (secondary N) is 1. The van der Waals surface area contributed by atoms with Crippen LogP contribution in [0.4, 0.5) is 5.69 Å². The van der Waals surface area contributed by atoms with Crippen molar-refractivity contribution in [2.45, 2.75) is 29.1 Å². The maximum atomic E-state index is 12.6. The Kier molecular flexibility index (Phi) is 6.02. The smallest absolute Gasteiger partial charge is 0.263 e. The first-order valence-corrected chi connectivity index (χ1v) is 12.0. The molecule has 1 saturated heterocycles. The van der Waals surface area contributed by atoms with Gasteiger partial charge in [-0.25, -0.2) is 16.8 Å². The van der Waals surface area contributed by atoms with E-state index in [1.807, 2.05) is 0 Å². The van der Waals surface area contributed by atoms with Gasteiger partial charge in [-0.1, -0.05) is 35.7 Å². The van der Waals surface area contributed by atoms with Crippen molar-refractivity contribution in [2.24, 2.45) is 0 Å². The third kappa shape index (κ3) is 4.41. The molecular formula is C17H18Cl2N2O4S2. The molecule has 10 heteroatoms. The molecule has 2 aromatic carbocycles. The normalized spacial score (nSPS) is 16.2. The van der Waals surface area contributed by atoms with Crippen molar-refractivity contribution in [3.8, 4) is 0 Å². The fourth-order valence-corrected chi connectivity index (χ4v) is 6.19. The maximum Gasteiger partial charge on any atom is 0.263 e. The van der Waals surface area contributed by atoms with Crippen LogP contribution in [-0.2, 0) is 20.0 Å². The molecule has 1 aliphatic heterocycles. The molecule has 0 saturated carbocycles. The van der Waals surface area contributed by atoms with Crippen LogP contribution in [0.5, 0.6) is 0 Å². The number of nitrogens with zero attached hydrogens (tertiary/aromatic N) is 1. The summed E-state index contributed by atoms with van der Waals surface area (Å²) in [7, 11) is -7.53. The number of hydrogen-bond acceptors (Lipinski definition) is 4. The second kappa shape index (κ2) is 7.97. The Morgan fingerprint density at radius 1 is 0.852 bits per heavy atom. The molecule has 0 amide bonds. The zero-order chi connectivity index (χ0) is 19.7. The Morgan fingerprint density at radius 3 is 2.11 bits per heavy atom. The highest BCUT2D eigenvalue weighted by atomic mass is 35.5. The van der Waals surface area contributed by atoms with Gasteiger partial charge in [0, 0.05) is 18.8 Å². The van der Waals surface area contributed by atoms with E-state index in [9.17, 15) is 16.8 Å². The second-order valence-corrected chi connectivity index (χ2v) is 10.5. The minimum Gasteiger partial charge on any atom is -0.280 e. The van der Waals surface area contributed by atoms with Crippen LogP contribution < -0.4 is 4.72 Å². The van der Waals surface area contributed by atoms with Crippen LogP contribution in [-0.4, -0.2) is 34.2 Å². The van der Waals surface area contributed by atoms with Crippen LogP contribution in [0.3, 0.4) is 0 Å². The van der Waals surface area contributed by atoms with Gasteiger partial charge in [-0.05, 0) is 49.2 Å². The van der Waals surface area contributed by atoms with Gasteiger partial charge in [-0.2, -0.15) is 4.31 Å². The number of anilines is 1. The van der Waals surface area contributed by atoms with Crippen LogP contribution in [0.25, 0.3) is 0 Å². The summed E-state index contributed by atoms with van der Waals surface area (Å²) in [5.74, 6) is 0. The standard InChI is InChI=1S/C17H18Cl2N2O4S2/c18-15-5-4-6-16(17(15)19)26(22,23)20-13-7-9-14(10-8-13)27(24,25)21-11-2-1-3-12-21/h4-10,20H,1-3,11-12H2. The number of benzene rings is 2. The molecule has 6 nitrogen and oxygen atoms in total. The first kappa shape index (κ1) is 20.4. The minimum atomic E-state index is -3.96. The van der Waals surface area contributed by atoms with E-state index in [2.05, 4.69) is 4.72 Å². The minimum absolute atomic E-state index is 0.0732. The predicted octanol–water partition coefficient (Wildman–Crippen LogP) is 3.97. The predicted molar refractivity (Wildman–Crippen MR) is 106 cm³/mol. The maximum absolute atomic E-state index is 12.6. The third-order valence-corrected chi connectivity index (χ3v) is 8.53. The highest BCUT2D eigenvalue weighted by Crippen LogP contribution is 2.30. The van der Waals surface area contributed by atoms with Crippen molar-refractivity contribution in [3.63, 3.8) is 0 Å². The van der Waals surface area contributed by atoms with Crippen molar-refractivity contribution in [1.29, 1.82) is 0 Å². The van der Waals surface area contributed by atoms with Crippen molar-refractivity contribution in [1.82, 2.24) is 4.31 Å². The first-order valence-electron chi connectivity index (χ1n) is 8.29. The lowest BCUT2D eigenvalue weighted by molar-refractivity contribution is 0.346. The van der Waals surface area contributed by atoms with Gasteiger partial charge in [0.25, 0.3) is 10.0 Å². The molecule has 0 atom stereocenters. The Balaban J connectivity index is 1.82. The first-order chi connectivity index (χ1) is 12.7. The molecule has 1 heterocycles. The van der Waals surface area contributed by atoms with Gasteiger partial charge < -0.3 is 0 Å². The summed E-state index contributed by atoms with van der Waals surface area (Å²) in [6.45, 7) is 1.01. The van der Waals surface area contributed by atoms with Crippen molar-refractivity contribution < 1.29 is 16.8 Å². The number of hydrogen-bond donors (Lipinski definition) is 1. The SMILES string of the molecule is O=S(=O)(Nc1ccc(S(=O)(=O)N2CCCCC2)cc1)c1cccc(Cl)c1Cl. The van der Waals surface area contributed by atoms with Crippen LogP contribution in [0.2, 0.25) is 10.0 Å². The van der Waals surface area contributed by atoms with E-state index in [0.717, 1.165) is 19.3 Å². The van der Waals surface area contributed by atoms with Crippen LogP contribution >= 0.6 is 23.2 Å². The van der Waals surface area contributed by atoms with E-state index in [1.165, 1.54) is 46.8 Å². The summed E-state index contributed by atoms with van der Waals surface area (Å²) >= 11 is 11.9. The zero-order valence-corrected chi connectivity index (χ0v) is 17.4. The number of sulfonamides is 2. The van der Waals surface area contributed by atoms with Crippen molar-refractivity contribution in [3.05, 3.63) is 52.5 Å². The highest BCUT2D eigenvalue weighted by molar-refractivity contribution is 7.92. The fourth-order valence-electron chi connectivity index (χ4n) is 2.85. The van der Waals surface area contributed by atoms with E-state index in [4.69, 9.17) is 23.2 Å². The lowest BCUT2D eigenvalue weighted by Crippen LogP contribution is -2.35. The topological polar surface area (TPSA) is 83.5 Å². The van der Waals surface area contributed by atoms with Gasteiger partial charge in [-0.3, -0.25) is 4.72 Å². The number of halogens is 2. The van der Waals surface area contributed by atoms with Gasteiger partial charge in [0.2, 0.25) is 10.0 Å². The van der Waals surface area contributed by atoms with Gasteiger partial charge in [-0.15, -0.1) is 0 Å². The molecule has 1 aliphatic rings. The van der Waals surface area contributed by atoms with Crippen molar-refractivity contribution in [2.75, 3.05) is 17.8 Å². The molecule has 27 heavy (non-hydrogen) atoms. The molecule has 146 valence electrons. The third-order valence-electron chi connectivity index (χ3n) is 4.27. The molecule has 0 radical (unpaired) electrons. The van der Waals surface area contributed by atoms with Gasteiger partial charge >= 0.3 is 0 Å². The molecule has 0 bridgehead atoms. The summed E-state index contributed by atoms with van der Waals surface area (Å²) in [5.41, 5.74) is 0.226. The molecule has 0 aliphatic carbocycles. The molecule has 3 rings (SSSR count). The lowest BCUT2D eigenvalue weighted by atomic mass is 10.2. The fraction of sp³-hybridized carbons (Fsp3) is 0.294. The molecule has 0 unspecified atom stereocenters. The zero-order valence-electron chi connectivity index (χ0n) is 14.2. The monoisotopic (exact) mass is 448 g/mol. The average molecular weight is 449 g/mol. The molecular weight excluding hydrogens is 431 g/mol. The number of piperidine rings is 1. The summed E-state index contributed by atoms with van der Waals surface area (Å²) < 4.78 is 54.2. The Labute approximate surface area is 169 Å². The molecule has 2 aromatic rings. The van der Waals surface area contributed by atoms with E-state index in [1.54, 1.807) is 0 Å². The van der Waals surface area contributed by atoms with Gasteiger partial charge in [0.1, 0.15) is 4.90 Å². The van der Waals surface area contributed by atoms with E-state index in [0.29, 0.717) is 13.1 Å². The Morgan fingerprint density at radius 2 is 1.48 bits per heavy atom. The largest absolute Gasteiger partial charge is 0.280 e. The summed E-state index contributed by atoms with van der Waals surface area (Å²) in [6.07, 6.45) is 2.72. The quantitative estimate of drug-likeness (QED) is 0.749. The van der Waals surface area contributed by atoms with Crippen LogP contribution in [0.15, 0.2) is 52.3 Å². The van der Waals surface area contributed by atoms with Crippen LogP contribution in [0.1, 0.15) is 19.3 Å². The molecule has 1 N–H and O–H groups in total. The van der Waals surface area contributed by atoms with Gasteiger partial charge in [0.05, 0.1) is 14.9 Å². The summed E-state index contributed by atoms with van der Waals surface area (Å²) in [6, 6.07) is 9.91. The summed E-state index contributed by atoms with van der Waals surface area (Å²) in [5, 5.41) is 0.0541. The van der Waals surface area contributed by atoms with Crippen LogP contribution in [0, 0.1) is 0 Å². The summed E-state index contributed by atoms with van der Waals surface area (Å²) in [4.78, 5) is -0.0187. The van der Waals surface area contributed by atoms with Gasteiger partial charge in [0.15, 0.2) is 0 Å². The average Bonchev–Trinajstić information content (AvgIpc) is 2.64. The number of rotatable bonds is 5. The molecule has 1 fully saturated rings. The Hall–Kier alpha value is -1.32. The van der Waals surface area contributed by atoms with E-state index < -0.39 is 20.0 Å². The Bertz CT molecular complexity index is 1030. The van der Waals surface area contributed by atoms with E-state index >= 15 is 0 Å². The van der Waals surface area contributed by atoms with Crippen molar-refractivity contribution >= 4 is 48.9 Å². The highest BCUT2D eigenvalue weighted by Gasteiger charge is 2.26.